The Balaban J connectivity index is 1.47. The van der Waals surface area contributed by atoms with Crippen LogP contribution in [0.1, 0.15) is 37.1 Å². The van der Waals surface area contributed by atoms with E-state index in [4.69, 9.17) is 4.74 Å². The van der Waals surface area contributed by atoms with E-state index in [1.807, 2.05) is 47.9 Å². The highest BCUT2D eigenvalue weighted by atomic mass is 16.5. The van der Waals surface area contributed by atoms with Crippen LogP contribution in [-0.4, -0.2) is 33.3 Å². The van der Waals surface area contributed by atoms with Gasteiger partial charge in [0.1, 0.15) is 11.6 Å². The third-order valence-corrected chi connectivity index (χ3v) is 5.40. The molecule has 6 heteroatoms. The number of hydrogen-bond donors (Lipinski definition) is 1. The zero-order valence-corrected chi connectivity index (χ0v) is 16.9. The number of nitrogens with one attached hydrogen (secondary N) is 1. The number of amides is 1. The molecule has 1 aliphatic carbocycles. The second-order valence-electron chi connectivity index (χ2n) is 7.55. The maximum absolute atomic E-state index is 12.0. The van der Waals surface area contributed by atoms with E-state index >= 15 is 0 Å². The molecule has 1 heterocycles. The fourth-order valence-electron chi connectivity index (χ4n) is 3.85. The number of hydrogen-bond acceptors (Lipinski definition) is 4. The first-order valence-corrected chi connectivity index (χ1v) is 10.1. The first-order chi connectivity index (χ1) is 14.1. The zero-order valence-electron chi connectivity index (χ0n) is 16.9. The summed E-state index contributed by atoms with van der Waals surface area (Å²) in [6.07, 6.45) is 4.53. The molecule has 0 saturated heterocycles. The second-order valence-corrected chi connectivity index (χ2v) is 7.55. The fourth-order valence-corrected chi connectivity index (χ4v) is 3.85. The number of carbonyl (C=O) groups is 1. The average molecular weight is 390 g/mol. The summed E-state index contributed by atoms with van der Waals surface area (Å²) in [6, 6.07) is 16.1. The molecule has 3 aromatic rings. The van der Waals surface area contributed by atoms with Gasteiger partial charge in [-0.25, -0.2) is 0 Å². The Kier molecular flexibility index (Phi) is 5.60. The topological polar surface area (TPSA) is 69.0 Å². The molecule has 0 unspecified atom stereocenters. The van der Waals surface area contributed by atoms with Crippen LogP contribution in [-0.2, 0) is 4.79 Å². The van der Waals surface area contributed by atoms with Crippen molar-refractivity contribution >= 4 is 5.91 Å². The molecule has 0 radical (unpaired) electrons. The van der Waals surface area contributed by atoms with Gasteiger partial charge < -0.3 is 10.1 Å². The van der Waals surface area contributed by atoms with Crippen molar-refractivity contribution in [1.29, 1.82) is 0 Å². The van der Waals surface area contributed by atoms with Crippen LogP contribution in [0.5, 0.6) is 5.75 Å². The number of aryl methyl sites for hydroxylation is 2. The van der Waals surface area contributed by atoms with Crippen molar-refractivity contribution in [3.05, 3.63) is 59.9 Å². The van der Waals surface area contributed by atoms with Gasteiger partial charge >= 0.3 is 0 Å². The predicted molar refractivity (Wildman–Crippen MR) is 112 cm³/mol. The summed E-state index contributed by atoms with van der Waals surface area (Å²) in [5.41, 5.74) is 3.15. The van der Waals surface area contributed by atoms with E-state index in [1.165, 1.54) is 12.8 Å². The normalized spacial score (nSPS) is 14.1. The largest absolute Gasteiger partial charge is 0.484 e. The Morgan fingerprint density at radius 1 is 1.07 bits per heavy atom. The van der Waals surface area contributed by atoms with E-state index in [0.29, 0.717) is 11.8 Å². The second kappa shape index (κ2) is 8.47. The van der Waals surface area contributed by atoms with E-state index in [9.17, 15) is 4.79 Å². The molecule has 1 N–H and O–H groups in total. The molecule has 4 rings (SSSR count). The molecular formula is C23H26N4O2. The minimum Gasteiger partial charge on any atom is -0.484 e. The van der Waals surface area contributed by atoms with Gasteiger partial charge in [-0.05, 0) is 56.5 Å². The third-order valence-electron chi connectivity index (χ3n) is 5.40. The average Bonchev–Trinajstić information content (AvgIpc) is 3.37. The molecule has 150 valence electrons. The molecule has 0 aliphatic heterocycles. The molecule has 1 amide bonds. The fraction of sp³-hybridized carbons (Fsp3) is 0.348. The lowest BCUT2D eigenvalue weighted by molar-refractivity contribution is -0.123. The lowest BCUT2D eigenvalue weighted by atomic mass is 10.1. The van der Waals surface area contributed by atoms with E-state index in [2.05, 4.69) is 34.6 Å². The minimum atomic E-state index is -0.0579. The first-order valence-electron chi connectivity index (χ1n) is 10.1. The van der Waals surface area contributed by atoms with Crippen molar-refractivity contribution in [3.63, 3.8) is 0 Å². The molecule has 2 aromatic carbocycles. The van der Waals surface area contributed by atoms with Crippen molar-refractivity contribution in [2.45, 2.75) is 45.6 Å². The Bertz CT molecular complexity index is 988. The van der Waals surface area contributed by atoms with Gasteiger partial charge in [0.25, 0.3) is 5.91 Å². The highest BCUT2D eigenvalue weighted by Gasteiger charge is 2.17. The molecule has 0 bridgehead atoms. The molecule has 1 fully saturated rings. The van der Waals surface area contributed by atoms with Gasteiger partial charge in [-0.3, -0.25) is 9.36 Å². The lowest BCUT2D eigenvalue weighted by Crippen LogP contribution is -2.36. The van der Waals surface area contributed by atoms with Crippen LogP contribution in [0.15, 0.2) is 48.5 Å². The molecule has 1 aromatic heterocycles. The van der Waals surface area contributed by atoms with Gasteiger partial charge in [-0.2, -0.15) is 0 Å². The van der Waals surface area contributed by atoms with Crippen molar-refractivity contribution in [2.24, 2.45) is 0 Å². The Morgan fingerprint density at radius 2 is 1.79 bits per heavy atom. The van der Waals surface area contributed by atoms with E-state index in [1.54, 1.807) is 0 Å². The van der Waals surface area contributed by atoms with Crippen LogP contribution in [0.2, 0.25) is 0 Å². The monoisotopic (exact) mass is 390 g/mol. The number of benzene rings is 2. The van der Waals surface area contributed by atoms with Crippen LogP contribution in [0, 0.1) is 13.8 Å². The number of rotatable bonds is 6. The van der Waals surface area contributed by atoms with Gasteiger partial charge in [0.2, 0.25) is 0 Å². The number of carbonyl (C=O) groups excluding carboxylic acids is 1. The smallest absolute Gasteiger partial charge is 0.258 e. The summed E-state index contributed by atoms with van der Waals surface area (Å²) in [5, 5.41) is 11.7. The van der Waals surface area contributed by atoms with Crippen molar-refractivity contribution in [2.75, 3.05) is 6.61 Å². The predicted octanol–water partition coefficient (Wildman–Crippen LogP) is 3.99. The molecule has 1 saturated carbocycles. The highest BCUT2D eigenvalue weighted by Crippen LogP contribution is 2.26. The van der Waals surface area contributed by atoms with E-state index in [-0.39, 0.29) is 12.5 Å². The molecule has 6 nitrogen and oxygen atoms in total. The molecular weight excluding hydrogens is 364 g/mol. The van der Waals surface area contributed by atoms with E-state index in [0.717, 1.165) is 41.3 Å². The SMILES string of the molecule is Cc1ccccc1-c1nnc(C)n1-c1ccc(OCC(=O)NC2CCCC2)cc1. The summed E-state index contributed by atoms with van der Waals surface area (Å²) < 4.78 is 7.69. The van der Waals surface area contributed by atoms with Crippen LogP contribution in [0.4, 0.5) is 0 Å². The van der Waals surface area contributed by atoms with Crippen molar-refractivity contribution in [3.8, 4) is 22.8 Å². The maximum Gasteiger partial charge on any atom is 0.258 e. The van der Waals surface area contributed by atoms with Gasteiger partial charge in [0.15, 0.2) is 12.4 Å². The summed E-state index contributed by atoms with van der Waals surface area (Å²) in [5.74, 6) is 2.23. The third kappa shape index (κ3) is 4.31. The Labute approximate surface area is 170 Å². The van der Waals surface area contributed by atoms with Crippen LogP contribution in [0.3, 0.4) is 0 Å². The highest BCUT2D eigenvalue weighted by molar-refractivity contribution is 5.77. The summed E-state index contributed by atoms with van der Waals surface area (Å²) in [4.78, 5) is 12.0. The molecule has 0 spiro atoms. The first kappa shape index (κ1) is 19.2. The number of nitrogens with zero attached hydrogens (tertiary/aromatic N) is 3. The van der Waals surface area contributed by atoms with Crippen LogP contribution >= 0.6 is 0 Å². The van der Waals surface area contributed by atoms with Gasteiger partial charge in [0.05, 0.1) is 0 Å². The standard InChI is InChI=1S/C23H26N4O2/c1-16-7-3-6-10-21(16)23-26-25-17(2)27(23)19-11-13-20(14-12-19)29-15-22(28)24-18-8-4-5-9-18/h3,6-7,10-14,18H,4-5,8-9,15H2,1-2H3,(H,24,28). The van der Waals surface area contributed by atoms with Gasteiger partial charge in [-0.15, -0.1) is 10.2 Å². The molecule has 29 heavy (non-hydrogen) atoms. The Morgan fingerprint density at radius 3 is 2.52 bits per heavy atom. The van der Waals surface area contributed by atoms with E-state index < -0.39 is 0 Å². The number of ether oxygens (including phenoxy) is 1. The van der Waals surface area contributed by atoms with Crippen LogP contribution < -0.4 is 10.1 Å². The lowest BCUT2D eigenvalue weighted by Gasteiger charge is -2.13. The minimum absolute atomic E-state index is 0.0377. The Hall–Kier alpha value is -3.15. The van der Waals surface area contributed by atoms with Crippen LogP contribution in [0.25, 0.3) is 17.1 Å². The zero-order chi connectivity index (χ0) is 20.2. The summed E-state index contributed by atoms with van der Waals surface area (Å²) in [6.45, 7) is 4.04. The van der Waals surface area contributed by atoms with Gasteiger partial charge in [0, 0.05) is 17.3 Å². The van der Waals surface area contributed by atoms with Crippen molar-refractivity contribution in [1.82, 2.24) is 20.1 Å². The maximum atomic E-state index is 12.0. The molecule has 0 atom stereocenters. The van der Waals surface area contributed by atoms with Gasteiger partial charge in [-0.1, -0.05) is 37.1 Å². The summed E-state index contributed by atoms with van der Waals surface area (Å²) in [7, 11) is 0. The number of aromatic nitrogens is 3. The summed E-state index contributed by atoms with van der Waals surface area (Å²) >= 11 is 0. The molecule has 1 aliphatic rings. The van der Waals surface area contributed by atoms with Crippen molar-refractivity contribution < 1.29 is 9.53 Å². The quantitative estimate of drug-likeness (QED) is 0.691.